The van der Waals surface area contributed by atoms with Crippen molar-refractivity contribution >= 4 is 29.9 Å². The van der Waals surface area contributed by atoms with Crippen LogP contribution >= 0.6 is 24.0 Å². The summed E-state index contributed by atoms with van der Waals surface area (Å²) >= 11 is 0. The van der Waals surface area contributed by atoms with E-state index in [9.17, 15) is 0 Å². The van der Waals surface area contributed by atoms with Gasteiger partial charge in [-0.15, -0.1) is 24.0 Å². The molecule has 1 aliphatic rings. The highest BCUT2D eigenvalue weighted by atomic mass is 127. The summed E-state index contributed by atoms with van der Waals surface area (Å²) in [5, 5.41) is 6.69. The molecule has 0 saturated heterocycles. The molecule has 0 spiro atoms. The van der Waals surface area contributed by atoms with Gasteiger partial charge in [0.2, 0.25) is 0 Å². The summed E-state index contributed by atoms with van der Waals surface area (Å²) in [5.74, 6) is 0.910. The lowest BCUT2D eigenvalue weighted by Gasteiger charge is -2.16. The van der Waals surface area contributed by atoms with Gasteiger partial charge in [-0.1, -0.05) is 24.3 Å². The lowest BCUT2D eigenvalue weighted by atomic mass is 10.2. The fourth-order valence-electron chi connectivity index (χ4n) is 1.56. The first-order valence-corrected chi connectivity index (χ1v) is 5.60. The summed E-state index contributed by atoms with van der Waals surface area (Å²) in [5.41, 5.74) is 0. The van der Waals surface area contributed by atoms with Crippen molar-refractivity contribution in [3.63, 3.8) is 0 Å². The van der Waals surface area contributed by atoms with Crippen LogP contribution in [0.1, 0.15) is 26.2 Å². The van der Waals surface area contributed by atoms with Gasteiger partial charge in [-0.25, -0.2) is 0 Å². The van der Waals surface area contributed by atoms with Gasteiger partial charge in [0.1, 0.15) is 0 Å². The Labute approximate surface area is 116 Å². The Bertz CT molecular complexity index is 251. The van der Waals surface area contributed by atoms with Crippen molar-refractivity contribution in [2.24, 2.45) is 4.99 Å². The Morgan fingerprint density at radius 2 is 2.12 bits per heavy atom. The average molecular weight is 335 g/mol. The van der Waals surface area contributed by atoms with E-state index in [1.54, 1.807) is 0 Å². The van der Waals surface area contributed by atoms with Crippen LogP contribution < -0.4 is 10.6 Å². The van der Waals surface area contributed by atoms with Crippen LogP contribution in [0.4, 0.5) is 0 Å². The van der Waals surface area contributed by atoms with Crippen molar-refractivity contribution in [1.29, 1.82) is 0 Å². The van der Waals surface area contributed by atoms with Gasteiger partial charge >= 0.3 is 0 Å². The SMILES string of the molecule is C/C=C/CCNC(=NC)NC1CC=CC1.I. The van der Waals surface area contributed by atoms with Gasteiger partial charge in [0.15, 0.2) is 5.96 Å². The quantitative estimate of drug-likeness (QED) is 0.272. The van der Waals surface area contributed by atoms with Crippen molar-refractivity contribution in [2.45, 2.75) is 32.2 Å². The molecule has 0 saturated carbocycles. The van der Waals surface area contributed by atoms with Crippen LogP contribution in [-0.4, -0.2) is 25.6 Å². The molecule has 92 valence electrons. The second-order valence-electron chi connectivity index (χ2n) is 3.64. The lowest BCUT2D eigenvalue weighted by molar-refractivity contribution is 0.633. The average Bonchev–Trinajstić information content (AvgIpc) is 2.75. The van der Waals surface area contributed by atoms with E-state index in [1.807, 2.05) is 14.0 Å². The van der Waals surface area contributed by atoms with Crippen LogP contribution in [-0.2, 0) is 0 Å². The van der Waals surface area contributed by atoms with Gasteiger partial charge in [-0.2, -0.15) is 0 Å². The minimum Gasteiger partial charge on any atom is -0.356 e. The number of hydrogen-bond acceptors (Lipinski definition) is 1. The minimum atomic E-state index is 0. The van der Waals surface area contributed by atoms with Gasteiger partial charge in [0.25, 0.3) is 0 Å². The lowest BCUT2D eigenvalue weighted by Crippen LogP contribution is -2.42. The molecule has 1 aliphatic carbocycles. The third-order valence-corrected chi connectivity index (χ3v) is 2.41. The molecular weight excluding hydrogens is 313 g/mol. The Kier molecular flexibility index (Phi) is 9.37. The molecule has 0 aliphatic heterocycles. The predicted molar refractivity (Wildman–Crippen MR) is 81.5 cm³/mol. The highest BCUT2D eigenvalue weighted by Gasteiger charge is 2.10. The Morgan fingerprint density at radius 1 is 1.44 bits per heavy atom. The molecule has 0 fully saturated rings. The highest BCUT2D eigenvalue weighted by molar-refractivity contribution is 14.0. The van der Waals surface area contributed by atoms with Crippen molar-refractivity contribution in [3.8, 4) is 0 Å². The molecule has 1 rings (SSSR count). The first kappa shape index (κ1) is 15.5. The summed E-state index contributed by atoms with van der Waals surface area (Å²) in [6, 6.07) is 0.526. The molecule has 0 amide bonds. The summed E-state index contributed by atoms with van der Waals surface area (Å²) in [6.07, 6.45) is 11.9. The monoisotopic (exact) mass is 335 g/mol. The van der Waals surface area contributed by atoms with Crippen LogP contribution in [0.2, 0.25) is 0 Å². The van der Waals surface area contributed by atoms with Crippen LogP contribution in [0, 0.1) is 0 Å². The maximum absolute atomic E-state index is 4.19. The molecular formula is C12H22IN3. The zero-order valence-electron chi connectivity index (χ0n) is 10.1. The molecule has 4 heteroatoms. The van der Waals surface area contributed by atoms with Crippen molar-refractivity contribution in [2.75, 3.05) is 13.6 Å². The van der Waals surface area contributed by atoms with Crippen LogP contribution in [0.25, 0.3) is 0 Å². The van der Waals surface area contributed by atoms with Gasteiger partial charge < -0.3 is 10.6 Å². The standard InChI is InChI=1S/C12H21N3.HI/c1-3-4-7-10-14-12(13-2)15-11-8-5-6-9-11;/h3-6,11H,7-10H2,1-2H3,(H2,13,14,15);1H/b4-3+;. The summed E-state index contributed by atoms with van der Waals surface area (Å²) < 4.78 is 0. The van der Waals surface area contributed by atoms with Crippen LogP contribution in [0.5, 0.6) is 0 Å². The first-order chi connectivity index (χ1) is 7.36. The smallest absolute Gasteiger partial charge is 0.191 e. The van der Waals surface area contributed by atoms with E-state index in [2.05, 4.69) is 39.9 Å². The third kappa shape index (κ3) is 6.15. The van der Waals surface area contributed by atoms with Crippen molar-refractivity contribution in [1.82, 2.24) is 10.6 Å². The largest absolute Gasteiger partial charge is 0.356 e. The highest BCUT2D eigenvalue weighted by Crippen LogP contribution is 2.08. The van der Waals surface area contributed by atoms with E-state index in [0.717, 1.165) is 31.8 Å². The van der Waals surface area contributed by atoms with Gasteiger partial charge in [-0.3, -0.25) is 4.99 Å². The van der Waals surface area contributed by atoms with Gasteiger partial charge in [-0.05, 0) is 26.2 Å². The molecule has 16 heavy (non-hydrogen) atoms. The first-order valence-electron chi connectivity index (χ1n) is 5.60. The fourth-order valence-corrected chi connectivity index (χ4v) is 1.56. The van der Waals surface area contributed by atoms with Gasteiger partial charge in [0, 0.05) is 19.6 Å². The van der Waals surface area contributed by atoms with E-state index in [-0.39, 0.29) is 24.0 Å². The number of nitrogens with zero attached hydrogens (tertiary/aromatic N) is 1. The Hall–Kier alpha value is -0.520. The van der Waals surface area contributed by atoms with Crippen LogP contribution in [0.15, 0.2) is 29.3 Å². The topological polar surface area (TPSA) is 36.4 Å². The molecule has 0 radical (unpaired) electrons. The van der Waals surface area contributed by atoms with Crippen molar-refractivity contribution in [3.05, 3.63) is 24.3 Å². The molecule has 3 nitrogen and oxygen atoms in total. The zero-order chi connectivity index (χ0) is 10.9. The summed E-state index contributed by atoms with van der Waals surface area (Å²) in [7, 11) is 1.81. The van der Waals surface area contributed by atoms with E-state index in [4.69, 9.17) is 0 Å². The minimum absolute atomic E-state index is 0. The van der Waals surface area contributed by atoms with Crippen LogP contribution in [0.3, 0.4) is 0 Å². The predicted octanol–water partition coefficient (Wildman–Crippen LogP) is 2.45. The zero-order valence-corrected chi connectivity index (χ0v) is 12.4. The summed E-state index contributed by atoms with van der Waals surface area (Å²) in [6.45, 7) is 2.97. The molecule has 0 aromatic rings. The molecule has 0 aromatic carbocycles. The Morgan fingerprint density at radius 3 is 2.69 bits per heavy atom. The molecule has 0 aromatic heterocycles. The number of hydrogen-bond donors (Lipinski definition) is 2. The maximum Gasteiger partial charge on any atom is 0.191 e. The number of rotatable bonds is 4. The summed E-state index contributed by atoms with van der Waals surface area (Å²) in [4.78, 5) is 4.19. The fraction of sp³-hybridized carbons (Fsp3) is 0.583. The number of aliphatic imine (C=N–C) groups is 1. The number of allylic oxidation sites excluding steroid dienone is 1. The van der Waals surface area contributed by atoms with E-state index in [0.29, 0.717) is 6.04 Å². The molecule has 0 heterocycles. The van der Waals surface area contributed by atoms with E-state index in [1.165, 1.54) is 0 Å². The van der Waals surface area contributed by atoms with E-state index >= 15 is 0 Å². The maximum atomic E-state index is 4.19. The Balaban J connectivity index is 0.00000225. The number of halogens is 1. The van der Waals surface area contributed by atoms with Crippen molar-refractivity contribution < 1.29 is 0 Å². The normalized spacial score (nSPS) is 16.5. The number of guanidine groups is 1. The molecule has 0 atom stereocenters. The van der Waals surface area contributed by atoms with Gasteiger partial charge in [0.05, 0.1) is 0 Å². The molecule has 0 bridgehead atoms. The molecule has 0 unspecified atom stereocenters. The second-order valence-corrected chi connectivity index (χ2v) is 3.64. The molecule has 2 N–H and O–H groups in total. The third-order valence-electron chi connectivity index (χ3n) is 2.41. The second kappa shape index (κ2) is 9.69. The van der Waals surface area contributed by atoms with E-state index < -0.39 is 0 Å². The number of nitrogens with one attached hydrogen (secondary N) is 2.